The summed E-state index contributed by atoms with van der Waals surface area (Å²) in [5.41, 5.74) is 0. The van der Waals surface area contributed by atoms with Gasteiger partial charge in [0, 0.05) is 1.43 Å². The van der Waals surface area contributed by atoms with E-state index in [0.717, 1.165) is 23.7 Å². The van der Waals surface area contributed by atoms with Crippen molar-refractivity contribution in [1.29, 1.82) is 0 Å². The number of hydrogen-bond acceptors (Lipinski definition) is 0. The van der Waals surface area contributed by atoms with Crippen LogP contribution in [-0.4, -0.2) is 5.48 Å². The summed E-state index contributed by atoms with van der Waals surface area (Å²) in [4.78, 5) is 0. The Kier molecular flexibility index (Phi) is 8.94. The van der Waals surface area contributed by atoms with Gasteiger partial charge in [-0.25, -0.2) is 0 Å². The molecule has 0 aromatic carbocycles. The Hall–Kier alpha value is -0.0400. The van der Waals surface area contributed by atoms with E-state index in [1.54, 1.807) is 0 Å². The van der Waals surface area contributed by atoms with Gasteiger partial charge in [0.25, 0.3) is 0 Å². The zero-order chi connectivity index (χ0) is 12.0. The maximum absolute atomic E-state index is 2.37. The van der Waals surface area contributed by atoms with Crippen LogP contribution in [0.5, 0.6) is 0 Å². The molecule has 1 nitrogen and oxygen atoms in total. The molecule has 0 amide bonds. The van der Waals surface area contributed by atoms with Crippen LogP contribution in [0, 0.1) is 23.7 Å². The van der Waals surface area contributed by atoms with Crippen LogP contribution in [0.15, 0.2) is 0 Å². The molecule has 0 aromatic rings. The van der Waals surface area contributed by atoms with Crippen molar-refractivity contribution in [3.8, 4) is 0 Å². The average Bonchev–Trinajstić information content (AvgIpc) is 2.28. The topological polar surface area (TPSA) is 31.5 Å². The summed E-state index contributed by atoms with van der Waals surface area (Å²) in [5.74, 6) is 4.08. The lowest BCUT2D eigenvalue weighted by atomic mass is 9.84. The van der Waals surface area contributed by atoms with Crippen LogP contribution in [0.3, 0.4) is 0 Å². The zero-order valence-corrected chi connectivity index (χ0v) is 12.5. The molecule has 17 heavy (non-hydrogen) atoms. The van der Waals surface area contributed by atoms with E-state index in [9.17, 15) is 0 Å². The van der Waals surface area contributed by atoms with Crippen molar-refractivity contribution in [2.24, 2.45) is 23.7 Å². The molecule has 2 fully saturated rings. The first-order valence-corrected chi connectivity index (χ1v) is 7.58. The lowest BCUT2D eigenvalue weighted by Crippen LogP contribution is -2.08. The van der Waals surface area contributed by atoms with Crippen molar-refractivity contribution >= 4 is 0 Å². The fourth-order valence-electron chi connectivity index (χ4n) is 2.85. The second-order valence-electron chi connectivity index (χ2n) is 6.73. The van der Waals surface area contributed by atoms with Crippen LogP contribution >= 0.6 is 0 Å². The molecule has 0 heterocycles. The minimum absolute atomic E-state index is 0. The molecule has 2 rings (SSSR count). The molecule has 0 atom stereocenters. The molecule has 0 bridgehead atoms. The summed E-state index contributed by atoms with van der Waals surface area (Å²) in [6.45, 7) is 9.47. The predicted molar refractivity (Wildman–Crippen MR) is 79.3 cm³/mol. The molecule has 0 saturated heterocycles. The molecular weight excluding hydrogens is 208 g/mol. The van der Waals surface area contributed by atoms with Gasteiger partial charge in [-0.3, -0.25) is 0 Å². The highest BCUT2D eigenvalue weighted by Gasteiger charge is 2.13. The first-order chi connectivity index (χ1) is 7.58. The fraction of sp³-hybridized carbons (Fsp3) is 1.00. The molecule has 106 valence electrons. The Morgan fingerprint density at radius 2 is 0.588 bits per heavy atom. The number of hydrogen-bond donors (Lipinski definition) is 0. The minimum Gasteiger partial charge on any atom is -0.412 e. The quantitative estimate of drug-likeness (QED) is 0.568. The number of rotatable bonds is 0. The SMILES string of the molecule is CC1CCC(C)CC1.CC1CCC(C)CC1.O.[HH]. The van der Waals surface area contributed by atoms with Gasteiger partial charge in [-0.15, -0.1) is 0 Å². The molecule has 2 N–H and O–H groups in total. The summed E-state index contributed by atoms with van der Waals surface area (Å²) in [6.07, 6.45) is 11.8. The Labute approximate surface area is 110 Å². The monoisotopic (exact) mass is 244 g/mol. The highest BCUT2D eigenvalue weighted by Crippen LogP contribution is 2.27. The van der Waals surface area contributed by atoms with Crippen molar-refractivity contribution in [2.75, 3.05) is 0 Å². The molecule has 0 spiro atoms. The highest BCUT2D eigenvalue weighted by atomic mass is 16.0. The van der Waals surface area contributed by atoms with E-state index in [4.69, 9.17) is 0 Å². The molecule has 0 aromatic heterocycles. The molecule has 1 heteroatoms. The highest BCUT2D eigenvalue weighted by molar-refractivity contribution is 4.66. The summed E-state index contributed by atoms with van der Waals surface area (Å²) in [5, 5.41) is 0. The van der Waals surface area contributed by atoms with E-state index in [1.807, 2.05) is 0 Å². The molecule has 2 aliphatic rings. The molecular formula is C16H36O. The van der Waals surface area contributed by atoms with Crippen LogP contribution in [-0.2, 0) is 0 Å². The molecule has 2 saturated carbocycles. The lowest BCUT2D eigenvalue weighted by molar-refractivity contribution is 0.308. The summed E-state index contributed by atoms with van der Waals surface area (Å²) < 4.78 is 0. The first-order valence-electron chi connectivity index (χ1n) is 7.58. The van der Waals surface area contributed by atoms with Crippen molar-refractivity contribution < 1.29 is 6.90 Å². The molecule has 0 unspecified atom stereocenters. The third-order valence-electron chi connectivity index (χ3n) is 4.61. The average molecular weight is 244 g/mol. The third kappa shape index (κ3) is 7.81. The van der Waals surface area contributed by atoms with Gasteiger partial charge in [0.15, 0.2) is 0 Å². The lowest BCUT2D eigenvalue weighted by Gasteiger charge is -2.22. The Morgan fingerprint density at radius 3 is 0.706 bits per heavy atom. The minimum atomic E-state index is 0. The Bertz CT molecular complexity index is 128. The van der Waals surface area contributed by atoms with Crippen molar-refractivity contribution in [3.63, 3.8) is 0 Å². The van der Waals surface area contributed by atoms with Crippen LogP contribution < -0.4 is 0 Å². The Balaban J connectivity index is 0. The van der Waals surface area contributed by atoms with Gasteiger partial charge in [0.1, 0.15) is 0 Å². The van der Waals surface area contributed by atoms with Gasteiger partial charge >= 0.3 is 0 Å². The van der Waals surface area contributed by atoms with Crippen LogP contribution in [0.25, 0.3) is 0 Å². The third-order valence-corrected chi connectivity index (χ3v) is 4.61. The van der Waals surface area contributed by atoms with Gasteiger partial charge in [-0.2, -0.15) is 0 Å². The molecule has 0 radical (unpaired) electrons. The standard InChI is InChI=1S/2C8H16.H2O.H2/c2*1-7-3-5-8(2)6-4-7;;/h2*7-8H,3-6H2,1-2H3;1H2;1H. The maximum atomic E-state index is 2.37. The second-order valence-corrected chi connectivity index (χ2v) is 6.73. The second kappa shape index (κ2) is 8.97. The Morgan fingerprint density at radius 1 is 0.471 bits per heavy atom. The molecule has 0 aliphatic heterocycles. The van der Waals surface area contributed by atoms with Crippen LogP contribution in [0.4, 0.5) is 0 Å². The van der Waals surface area contributed by atoms with Crippen molar-refractivity contribution in [1.82, 2.24) is 0 Å². The van der Waals surface area contributed by atoms with Gasteiger partial charge in [-0.1, -0.05) is 79.1 Å². The van der Waals surface area contributed by atoms with Crippen molar-refractivity contribution in [2.45, 2.75) is 79.1 Å². The van der Waals surface area contributed by atoms with E-state index in [0.29, 0.717) is 0 Å². The fourth-order valence-corrected chi connectivity index (χ4v) is 2.85. The zero-order valence-electron chi connectivity index (χ0n) is 12.5. The van der Waals surface area contributed by atoms with E-state index < -0.39 is 0 Å². The molecule has 2 aliphatic carbocycles. The van der Waals surface area contributed by atoms with Gasteiger partial charge in [0.05, 0.1) is 0 Å². The van der Waals surface area contributed by atoms with Crippen molar-refractivity contribution in [3.05, 3.63) is 0 Å². The summed E-state index contributed by atoms with van der Waals surface area (Å²) in [6, 6.07) is 0. The van der Waals surface area contributed by atoms with Crippen LogP contribution in [0.1, 0.15) is 80.5 Å². The maximum Gasteiger partial charge on any atom is 0 e. The van der Waals surface area contributed by atoms with E-state index >= 15 is 0 Å². The van der Waals surface area contributed by atoms with Crippen LogP contribution in [0.2, 0.25) is 0 Å². The van der Waals surface area contributed by atoms with E-state index in [2.05, 4.69) is 27.7 Å². The predicted octanol–water partition coefficient (Wildman–Crippen LogP) is 5.09. The normalized spacial score (nSPS) is 37.4. The smallest absolute Gasteiger partial charge is 0 e. The largest absolute Gasteiger partial charge is 0.412 e. The van der Waals surface area contributed by atoms with Gasteiger partial charge in [0.2, 0.25) is 0 Å². The van der Waals surface area contributed by atoms with Gasteiger partial charge < -0.3 is 5.48 Å². The van der Waals surface area contributed by atoms with E-state index in [1.165, 1.54) is 51.4 Å². The van der Waals surface area contributed by atoms with E-state index in [-0.39, 0.29) is 6.90 Å². The summed E-state index contributed by atoms with van der Waals surface area (Å²) in [7, 11) is 0. The van der Waals surface area contributed by atoms with Gasteiger partial charge in [-0.05, 0) is 23.7 Å². The first kappa shape index (κ1) is 17.0. The summed E-state index contributed by atoms with van der Waals surface area (Å²) >= 11 is 0.